The number of nitrogens with two attached hydrogens (primary N) is 1. The second-order valence-corrected chi connectivity index (χ2v) is 14.8. The van der Waals surface area contributed by atoms with Gasteiger partial charge in [-0.3, -0.25) is 18.6 Å². The molecule has 0 aliphatic heterocycles. The average Bonchev–Trinajstić information content (AvgIpc) is 3.21. The number of aliphatic carboxylic acids is 1. The van der Waals surface area contributed by atoms with E-state index < -0.39 is 45.1 Å². The number of allylic oxidation sites excluding steroid dienone is 22. The topological polar surface area (TPSA) is 155 Å². The molecule has 0 spiro atoms. The Morgan fingerprint density at radius 3 is 1.29 bits per heavy atom. The van der Waals surface area contributed by atoms with Gasteiger partial charge in [-0.15, -0.1) is 0 Å². The van der Waals surface area contributed by atoms with Gasteiger partial charge < -0.3 is 25.2 Å². The molecule has 0 fully saturated rings. The Labute approximate surface area is 356 Å². The van der Waals surface area contributed by atoms with Crippen LogP contribution in [0.5, 0.6) is 0 Å². The molecule has 3 atom stereocenters. The van der Waals surface area contributed by atoms with Crippen molar-refractivity contribution < 1.29 is 42.7 Å². The normalized spacial score (nSPS) is 15.2. The van der Waals surface area contributed by atoms with Crippen molar-refractivity contribution in [3.05, 3.63) is 134 Å². The van der Waals surface area contributed by atoms with Gasteiger partial charge in [-0.1, -0.05) is 148 Å². The van der Waals surface area contributed by atoms with E-state index in [9.17, 15) is 19.0 Å². The zero-order chi connectivity index (χ0) is 43.3. The molecular formula is C48H74NO9P. The fraction of sp³-hybridized carbons (Fsp3) is 0.500. The lowest BCUT2D eigenvalue weighted by Crippen LogP contribution is -2.34. The van der Waals surface area contributed by atoms with Gasteiger partial charge >= 0.3 is 19.8 Å². The van der Waals surface area contributed by atoms with Crippen LogP contribution in [-0.2, 0) is 32.7 Å². The van der Waals surface area contributed by atoms with Gasteiger partial charge in [0, 0.05) is 13.0 Å². The first-order valence-electron chi connectivity index (χ1n) is 21.2. The second-order valence-electron chi connectivity index (χ2n) is 13.3. The predicted octanol–water partition coefficient (Wildman–Crippen LogP) is 11.9. The number of rotatable bonds is 38. The number of ether oxygens (including phenoxy) is 2. The fourth-order valence-electron chi connectivity index (χ4n) is 4.71. The van der Waals surface area contributed by atoms with Crippen LogP contribution in [0.2, 0.25) is 0 Å². The first-order chi connectivity index (χ1) is 28.7. The molecule has 0 bridgehead atoms. The van der Waals surface area contributed by atoms with Gasteiger partial charge in [0.2, 0.25) is 0 Å². The summed E-state index contributed by atoms with van der Waals surface area (Å²) in [6.07, 6.45) is 59.6. The van der Waals surface area contributed by atoms with Gasteiger partial charge in [0.25, 0.3) is 0 Å². The Kier molecular flexibility index (Phi) is 39.5. The van der Waals surface area contributed by atoms with E-state index in [0.717, 1.165) is 83.5 Å². The number of carboxylic acids is 1. The molecule has 0 aromatic heterocycles. The van der Waals surface area contributed by atoms with E-state index in [1.807, 2.05) is 6.08 Å². The van der Waals surface area contributed by atoms with Crippen molar-refractivity contribution in [1.82, 2.24) is 0 Å². The molecule has 0 aliphatic carbocycles. The minimum absolute atomic E-state index is 0.0551. The molecule has 3 unspecified atom stereocenters. The number of hydrogen-bond donors (Lipinski definition) is 3. The summed E-state index contributed by atoms with van der Waals surface area (Å²) < 4.78 is 33.2. The molecule has 0 saturated heterocycles. The van der Waals surface area contributed by atoms with Crippen molar-refractivity contribution in [3.8, 4) is 0 Å². The number of carbonyl (C=O) groups excluding carboxylic acids is 1. The summed E-state index contributed by atoms with van der Waals surface area (Å²) in [4.78, 5) is 33.5. The molecule has 59 heavy (non-hydrogen) atoms. The summed E-state index contributed by atoms with van der Waals surface area (Å²) in [5, 5.41) is 8.89. The number of hydrogen-bond acceptors (Lipinski definition) is 8. The molecule has 0 heterocycles. The molecule has 0 aliphatic rings. The highest BCUT2D eigenvalue weighted by Crippen LogP contribution is 2.43. The Balaban J connectivity index is 4.47. The third kappa shape index (κ3) is 42.1. The quantitative estimate of drug-likeness (QED) is 0.0237. The maximum absolute atomic E-state index is 12.6. The van der Waals surface area contributed by atoms with E-state index in [1.165, 1.54) is 0 Å². The van der Waals surface area contributed by atoms with Crippen LogP contribution in [-0.4, -0.2) is 60.5 Å². The van der Waals surface area contributed by atoms with Gasteiger partial charge in [0.05, 0.1) is 19.8 Å². The van der Waals surface area contributed by atoms with E-state index in [0.29, 0.717) is 19.4 Å². The van der Waals surface area contributed by atoms with Gasteiger partial charge in [-0.2, -0.15) is 0 Å². The Morgan fingerprint density at radius 1 is 0.542 bits per heavy atom. The lowest BCUT2D eigenvalue weighted by Gasteiger charge is -2.20. The minimum Gasteiger partial charge on any atom is -0.480 e. The Morgan fingerprint density at radius 2 is 0.898 bits per heavy atom. The van der Waals surface area contributed by atoms with E-state index >= 15 is 0 Å². The molecule has 330 valence electrons. The predicted molar refractivity (Wildman–Crippen MR) is 244 cm³/mol. The van der Waals surface area contributed by atoms with Crippen LogP contribution in [0, 0.1) is 0 Å². The standard InChI is InChI=1S/C48H74NO9P/c1-3-5-7-9-11-13-15-17-19-20-21-22-23-24-25-26-27-28-30-32-34-36-38-40-47(50)58-45(43-56-59(53,54)57-44-46(49)48(51)52)42-55-41-39-37-35-33-31-29-18-16-14-12-10-8-6-4-2/h5-8,11-14,17-19,21-22,24-25,27-29,32-35,45-46H,3-4,9-10,15-16,20,23,26,30-31,36-44,49H2,1-2H3,(H,51,52)(H,53,54)/b7-5-,8-6-,13-11-,14-12-,19-17-,22-21-,25-24-,28-27-,29-18-,34-32-,35-33-. The van der Waals surface area contributed by atoms with E-state index in [2.05, 4.69) is 146 Å². The maximum Gasteiger partial charge on any atom is 0.472 e. The van der Waals surface area contributed by atoms with Gasteiger partial charge in [-0.25, -0.2) is 4.57 Å². The van der Waals surface area contributed by atoms with E-state index in [1.54, 1.807) is 0 Å². The highest BCUT2D eigenvalue weighted by molar-refractivity contribution is 7.47. The molecular weight excluding hydrogens is 766 g/mol. The average molecular weight is 840 g/mol. The van der Waals surface area contributed by atoms with Gasteiger partial charge in [0.1, 0.15) is 12.1 Å². The first-order valence-corrected chi connectivity index (χ1v) is 22.7. The zero-order valence-electron chi connectivity index (χ0n) is 35.8. The SMILES string of the molecule is CC/C=C\C/C=C\C/C=C\C/C=C\C/C=C\C/C=C\C/C=C\CCCC(=O)OC(COCCC/C=C\C/C=C\C/C=C\C/C=C\CC)COP(=O)(O)OCC(N)C(=O)O. The number of esters is 1. The summed E-state index contributed by atoms with van der Waals surface area (Å²) in [6, 6.07) is -1.50. The summed E-state index contributed by atoms with van der Waals surface area (Å²) in [6.45, 7) is 3.38. The molecule has 0 aromatic carbocycles. The van der Waals surface area contributed by atoms with E-state index in [4.69, 9.17) is 24.8 Å². The largest absolute Gasteiger partial charge is 0.480 e. The van der Waals surface area contributed by atoms with Crippen molar-refractivity contribution in [2.75, 3.05) is 26.4 Å². The smallest absolute Gasteiger partial charge is 0.472 e. The Hall–Kier alpha value is -3.89. The summed E-state index contributed by atoms with van der Waals surface area (Å²) in [5.41, 5.74) is 5.34. The van der Waals surface area contributed by atoms with Crippen molar-refractivity contribution in [1.29, 1.82) is 0 Å². The lowest BCUT2D eigenvalue weighted by atomic mass is 10.2. The summed E-state index contributed by atoms with van der Waals surface area (Å²) in [7, 11) is -4.66. The lowest BCUT2D eigenvalue weighted by molar-refractivity contribution is -0.154. The molecule has 4 N–H and O–H groups in total. The molecule has 0 radical (unpaired) electrons. The molecule has 0 rings (SSSR count). The third-order valence-corrected chi connectivity index (χ3v) is 8.88. The monoisotopic (exact) mass is 840 g/mol. The van der Waals surface area contributed by atoms with Crippen LogP contribution in [0.25, 0.3) is 0 Å². The van der Waals surface area contributed by atoms with Crippen molar-refractivity contribution in [2.45, 2.75) is 129 Å². The molecule has 0 aromatic rings. The van der Waals surface area contributed by atoms with Gasteiger partial charge in [-0.05, 0) is 96.3 Å². The van der Waals surface area contributed by atoms with Crippen molar-refractivity contribution in [2.24, 2.45) is 5.73 Å². The van der Waals surface area contributed by atoms with Crippen LogP contribution >= 0.6 is 7.82 Å². The van der Waals surface area contributed by atoms with E-state index in [-0.39, 0.29) is 13.0 Å². The summed E-state index contributed by atoms with van der Waals surface area (Å²) >= 11 is 0. The number of unbranched alkanes of at least 4 members (excludes halogenated alkanes) is 2. The van der Waals surface area contributed by atoms with Crippen LogP contribution in [0.1, 0.15) is 117 Å². The summed E-state index contributed by atoms with van der Waals surface area (Å²) in [5.74, 6) is -1.88. The van der Waals surface area contributed by atoms with Crippen LogP contribution < -0.4 is 5.73 Å². The van der Waals surface area contributed by atoms with Crippen molar-refractivity contribution >= 4 is 19.8 Å². The molecule has 11 heteroatoms. The number of carboxylic acid groups (broad SMARTS) is 1. The highest BCUT2D eigenvalue weighted by atomic mass is 31.2. The fourth-order valence-corrected chi connectivity index (χ4v) is 5.49. The van der Waals surface area contributed by atoms with Gasteiger partial charge in [0.15, 0.2) is 0 Å². The van der Waals surface area contributed by atoms with Crippen LogP contribution in [0.3, 0.4) is 0 Å². The number of carbonyl (C=O) groups is 2. The second kappa shape index (κ2) is 42.2. The molecule has 0 saturated carbocycles. The molecule has 10 nitrogen and oxygen atoms in total. The Bertz CT molecular complexity index is 1440. The van der Waals surface area contributed by atoms with Crippen molar-refractivity contribution in [3.63, 3.8) is 0 Å². The number of phosphoric ester groups is 1. The molecule has 0 amide bonds. The number of phosphoric acid groups is 1. The first kappa shape index (κ1) is 55.1. The third-order valence-electron chi connectivity index (χ3n) is 7.93. The highest BCUT2D eigenvalue weighted by Gasteiger charge is 2.27. The van der Waals surface area contributed by atoms with Crippen LogP contribution in [0.15, 0.2) is 134 Å². The minimum atomic E-state index is -4.66. The van der Waals surface area contributed by atoms with Crippen LogP contribution in [0.4, 0.5) is 0 Å². The zero-order valence-corrected chi connectivity index (χ0v) is 36.7. The maximum atomic E-state index is 12.6.